The van der Waals surface area contributed by atoms with Crippen LogP contribution in [0.15, 0.2) is 0 Å². The van der Waals surface area contributed by atoms with E-state index in [0.29, 0.717) is 12.0 Å². The van der Waals surface area contributed by atoms with Crippen LogP contribution in [0.1, 0.15) is 25.7 Å². The SMILES string of the molecule is CS(=O)(=O)CC(=O)NC1C2CCOC2C12CCC2. The van der Waals surface area contributed by atoms with Crippen LogP contribution < -0.4 is 5.32 Å². The lowest BCUT2D eigenvalue weighted by Crippen LogP contribution is -2.72. The highest BCUT2D eigenvalue weighted by Gasteiger charge is 2.66. The van der Waals surface area contributed by atoms with Gasteiger partial charge in [0.05, 0.1) is 6.10 Å². The van der Waals surface area contributed by atoms with Gasteiger partial charge in [-0.1, -0.05) is 6.42 Å². The zero-order chi connectivity index (χ0) is 13.0. The van der Waals surface area contributed by atoms with Crippen LogP contribution in [-0.4, -0.2) is 45.1 Å². The molecule has 1 amide bonds. The number of ether oxygens (including phenoxy) is 1. The van der Waals surface area contributed by atoms with Crippen LogP contribution in [0.3, 0.4) is 0 Å². The zero-order valence-electron chi connectivity index (χ0n) is 10.5. The Kier molecular flexibility index (Phi) is 2.71. The molecule has 0 aromatic heterocycles. The van der Waals surface area contributed by atoms with Crippen molar-refractivity contribution in [3.05, 3.63) is 0 Å². The van der Waals surface area contributed by atoms with Crippen molar-refractivity contribution < 1.29 is 17.9 Å². The number of hydrogen-bond donors (Lipinski definition) is 1. The summed E-state index contributed by atoms with van der Waals surface area (Å²) in [5.74, 6) is -0.370. The van der Waals surface area contributed by atoms with Gasteiger partial charge in [0.15, 0.2) is 9.84 Å². The van der Waals surface area contributed by atoms with E-state index in [2.05, 4.69) is 5.32 Å². The van der Waals surface area contributed by atoms with Crippen molar-refractivity contribution in [3.8, 4) is 0 Å². The number of rotatable bonds is 3. The summed E-state index contributed by atoms with van der Waals surface area (Å²) < 4.78 is 28.0. The molecule has 5 nitrogen and oxygen atoms in total. The molecule has 1 spiro atoms. The van der Waals surface area contributed by atoms with Gasteiger partial charge in [0.25, 0.3) is 0 Å². The van der Waals surface area contributed by atoms with Gasteiger partial charge in [-0.2, -0.15) is 0 Å². The van der Waals surface area contributed by atoms with Crippen molar-refractivity contribution >= 4 is 15.7 Å². The summed E-state index contributed by atoms with van der Waals surface area (Å²) in [6, 6.07) is 0.132. The molecule has 1 N–H and O–H groups in total. The van der Waals surface area contributed by atoms with Crippen molar-refractivity contribution in [2.75, 3.05) is 18.6 Å². The van der Waals surface area contributed by atoms with E-state index < -0.39 is 15.6 Å². The largest absolute Gasteiger partial charge is 0.377 e. The molecule has 1 saturated heterocycles. The van der Waals surface area contributed by atoms with Gasteiger partial charge in [0.1, 0.15) is 5.75 Å². The quantitative estimate of drug-likeness (QED) is 0.792. The number of carbonyl (C=O) groups excluding carboxylic acids is 1. The Bertz CT molecular complexity index is 468. The van der Waals surface area contributed by atoms with Gasteiger partial charge < -0.3 is 10.1 Å². The Labute approximate surface area is 107 Å². The predicted octanol–water partition coefficient (Wildman–Crippen LogP) is 0.105. The van der Waals surface area contributed by atoms with Crippen LogP contribution in [0.2, 0.25) is 0 Å². The predicted molar refractivity (Wildman–Crippen MR) is 65.8 cm³/mol. The minimum absolute atomic E-state index is 0.119. The summed E-state index contributed by atoms with van der Waals surface area (Å²) in [7, 11) is -3.24. The smallest absolute Gasteiger partial charge is 0.235 e. The van der Waals surface area contributed by atoms with Gasteiger partial charge in [-0.25, -0.2) is 8.42 Å². The highest BCUT2D eigenvalue weighted by molar-refractivity contribution is 7.91. The van der Waals surface area contributed by atoms with Crippen molar-refractivity contribution in [2.24, 2.45) is 11.3 Å². The molecule has 1 heterocycles. The van der Waals surface area contributed by atoms with Gasteiger partial charge in [0, 0.05) is 30.2 Å². The van der Waals surface area contributed by atoms with E-state index in [9.17, 15) is 13.2 Å². The fourth-order valence-electron chi connectivity index (χ4n) is 3.91. The molecule has 18 heavy (non-hydrogen) atoms. The van der Waals surface area contributed by atoms with Crippen LogP contribution in [0.4, 0.5) is 0 Å². The molecule has 3 unspecified atom stereocenters. The first kappa shape index (κ1) is 12.4. The normalized spacial score (nSPS) is 36.6. The molecular weight excluding hydrogens is 254 g/mol. The molecule has 0 aromatic rings. The van der Waals surface area contributed by atoms with E-state index in [4.69, 9.17) is 4.74 Å². The molecule has 1 aliphatic heterocycles. The van der Waals surface area contributed by atoms with Crippen molar-refractivity contribution in [2.45, 2.75) is 37.8 Å². The fraction of sp³-hybridized carbons (Fsp3) is 0.917. The summed E-state index contributed by atoms with van der Waals surface area (Å²) in [6.45, 7) is 0.773. The number of hydrogen-bond acceptors (Lipinski definition) is 4. The Hall–Kier alpha value is -0.620. The van der Waals surface area contributed by atoms with Gasteiger partial charge in [-0.15, -0.1) is 0 Å². The average Bonchev–Trinajstić information content (AvgIpc) is 2.54. The van der Waals surface area contributed by atoms with Crippen molar-refractivity contribution in [1.82, 2.24) is 5.32 Å². The van der Waals surface area contributed by atoms with E-state index in [-0.39, 0.29) is 17.4 Å². The lowest BCUT2D eigenvalue weighted by atomic mass is 9.46. The minimum atomic E-state index is -3.24. The molecule has 0 bridgehead atoms. The Morgan fingerprint density at radius 3 is 2.72 bits per heavy atom. The number of sulfone groups is 1. The second kappa shape index (κ2) is 3.93. The summed E-state index contributed by atoms with van der Waals surface area (Å²) in [4.78, 5) is 11.7. The van der Waals surface area contributed by atoms with Crippen LogP contribution in [0, 0.1) is 11.3 Å². The van der Waals surface area contributed by atoms with E-state index in [1.165, 1.54) is 6.42 Å². The Morgan fingerprint density at radius 2 is 2.17 bits per heavy atom. The summed E-state index contributed by atoms with van der Waals surface area (Å²) in [6.07, 6.45) is 5.75. The monoisotopic (exact) mass is 273 g/mol. The first-order chi connectivity index (χ1) is 8.42. The van der Waals surface area contributed by atoms with Crippen LogP contribution in [-0.2, 0) is 19.4 Å². The first-order valence-electron chi connectivity index (χ1n) is 6.51. The van der Waals surface area contributed by atoms with E-state index in [0.717, 1.165) is 32.1 Å². The lowest BCUT2D eigenvalue weighted by molar-refractivity contribution is -0.178. The van der Waals surface area contributed by atoms with E-state index in [1.54, 1.807) is 0 Å². The maximum Gasteiger partial charge on any atom is 0.235 e. The van der Waals surface area contributed by atoms with E-state index in [1.807, 2.05) is 0 Å². The second-order valence-electron chi connectivity index (χ2n) is 5.95. The molecule has 3 atom stereocenters. The maximum atomic E-state index is 11.7. The molecule has 0 aromatic carbocycles. The lowest BCUT2D eigenvalue weighted by Gasteiger charge is -2.63. The summed E-state index contributed by atoms with van der Waals surface area (Å²) >= 11 is 0. The Balaban J connectivity index is 1.67. The van der Waals surface area contributed by atoms with Crippen molar-refractivity contribution in [1.29, 1.82) is 0 Å². The molecule has 3 aliphatic rings. The summed E-state index contributed by atoms with van der Waals surface area (Å²) in [5.41, 5.74) is 0.119. The molecule has 2 aliphatic carbocycles. The van der Waals surface area contributed by atoms with Gasteiger partial charge in [0.2, 0.25) is 5.91 Å². The molecule has 3 rings (SSSR count). The minimum Gasteiger partial charge on any atom is -0.377 e. The number of fused-ring (bicyclic) bond motifs is 2. The standard InChI is InChI=1S/C12H19NO4S/c1-18(15,16)7-9(14)13-10-8-3-6-17-11(8)12(10)4-2-5-12/h8,10-11H,2-7H2,1H3,(H,13,14). The van der Waals surface area contributed by atoms with Crippen LogP contribution >= 0.6 is 0 Å². The second-order valence-corrected chi connectivity index (χ2v) is 8.09. The zero-order valence-corrected chi connectivity index (χ0v) is 11.3. The maximum absolute atomic E-state index is 11.7. The Morgan fingerprint density at radius 1 is 1.44 bits per heavy atom. The molecule has 2 saturated carbocycles. The first-order valence-corrected chi connectivity index (χ1v) is 8.57. The van der Waals surface area contributed by atoms with Gasteiger partial charge in [-0.3, -0.25) is 4.79 Å². The number of nitrogens with one attached hydrogen (secondary N) is 1. The average molecular weight is 273 g/mol. The number of carbonyl (C=O) groups is 1. The third-order valence-corrected chi connectivity index (χ3v) is 5.53. The molecule has 0 radical (unpaired) electrons. The molecule has 102 valence electrons. The van der Waals surface area contributed by atoms with Gasteiger partial charge >= 0.3 is 0 Å². The summed E-state index contributed by atoms with van der Waals surface area (Å²) in [5, 5.41) is 2.94. The third-order valence-electron chi connectivity index (χ3n) is 4.75. The molecule has 6 heteroatoms. The molecular formula is C12H19NO4S. The highest BCUT2D eigenvalue weighted by atomic mass is 32.2. The topological polar surface area (TPSA) is 72.5 Å². The van der Waals surface area contributed by atoms with Crippen LogP contribution in [0.25, 0.3) is 0 Å². The van der Waals surface area contributed by atoms with E-state index >= 15 is 0 Å². The number of amides is 1. The molecule has 3 fully saturated rings. The van der Waals surface area contributed by atoms with Crippen LogP contribution in [0.5, 0.6) is 0 Å². The fourth-order valence-corrected chi connectivity index (χ4v) is 4.47. The van der Waals surface area contributed by atoms with Crippen molar-refractivity contribution in [3.63, 3.8) is 0 Å². The highest BCUT2D eigenvalue weighted by Crippen LogP contribution is 2.62. The third kappa shape index (κ3) is 1.77. The van der Waals surface area contributed by atoms with Gasteiger partial charge in [-0.05, 0) is 19.3 Å².